The smallest absolute Gasteiger partial charge is 0.0281 e. The minimum Gasteiger partial charge on any atom is -0.300 e. The van der Waals surface area contributed by atoms with Crippen molar-refractivity contribution in [2.24, 2.45) is 5.41 Å². The maximum absolute atomic E-state index is 2.43. The van der Waals surface area contributed by atoms with Gasteiger partial charge < -0.3 is 0 Å². The van der Waals surface area contributed by atoms with Crippen LogP contribution >= 0.6 is 0 Å². The fraction of sp³-hybridized carbons (Fsp3) is 0.818. The Morgan fingerprint density at radius 1 is 1.42 bits per heavy atom. The van der Waals surface area contributed by atoms with Gasteiger partial charge in [0.25, 0.3) is 0 Å². The molecule has 1 heterocycles. The molecule has 0 saturated heterocycles. The van der Waals surface area contributed by atoms with Crippen LogP contribution in [0.5, 0.6) is 0 Å². The van der Waals surface area contributed by atoms with Gasteiger partial charge in [-0.25, -0.2) is 0 Å². The van der Waals surface area contributed by atoms with Crippen LogP contribution in [0.1, 0.15) is 34.1 Å². The first-order valence-corrected chi connectivity index (χ1v) is 4.83. The highest BCUT2D eigenvalue weighted by atomic mass is 15.1. The first-order valence-electron chi connectivity index (χ1n) is 4.83. The lowest BCUT2D eigenvalue weighted by Gasteiger charge is -2.37. The van der Waals surface area contributed by atoms with E-state index in [1.807, 2.05) is 0 Å². The van der Waals surface area contributed by atoms with Gasteiger partial charge in [0.15, 0.2) is 0 Å². The average molecular weight is 167 g/mol. The Balaban J connectivity index is 2.82. The van der Waals surface area contributed by atoms with E-state index in [0.717, 1.165) is 0 Å². The molecular formula is C11H21N. The standard InChI is InChI=1S/C11H21N/c1-9-10(11(2,3)4)7-6-8-12(9)5/h7,9H,6,8H2,1-5H3. The molecule has 0 amide bonds. The van der Waals surface area contributed by atoms with Gasteiger partial charge in [-0.2, -0.15) is 0 Å². The molecule has 0 aliphatic carbocycles. The van der Waals surface area contributed by atoms with Crippen molar-refractivity contribution in [3.8, 4) is 0 Å². The topological polar surface area (TPSA) is 3.24 Å². The maximum atomic E-state index is 2.43. The summed E-state index contributed by atoms with van der Waals surface area (Å²) in [4.78, 5) is 2.43. The largest absolute Gasteiger partial charge is 0.300 e. The van der Waals surface area contributed by atoms with Gasteiger partial charge in [-0.05, 0) is 25.8 Å². The summed E-state index contributed by atoms with van der Waals surface area (Å²) in [6.07, 6.45) is 3.64. The van der Waals surface area contributed by atoms with E-state index < -0.39 is 0 Å². The van der Waals surface area contributed by atoms with Gasteiger partial charge >= 0.3 is 0 Å². The molecule has 0 fully saturated rings. The molecule has 1 rings (SSSR count). The Bertz CT molecular complexity index is 186. The van der Waals surface area contributed by atoms with Crippen molar-refractivity contribution in [2.75, 3.05) is 13.6 Å². The first-order chi connectivity index (χ1) is 5.43. The van der Waals surface area contributed by atoms with E-state index in [1.54, 1.807) is 5.57 Å². The summed E-state index contributed by atoms with van der Waals surface area (Å²) < 4.78 is 0. The normalized spacial score (nSPS) is 27.1. The van der Waals surface area contributed by atoms with E-state index in [0.29, 0.717) is 11.5 Å². The molecule has 0 N–H and O–H groups in total. The predicted octanol–water partition coefficient (Wildman–Crippen LogP) is 2.68. The first kappa shape index (κ1) is 9.79. The molecule has 1 heteroatoms. The van der Waals surface area contributed by atoms with Crippen LogP contribution < -0.4 is 0 Å². The zero-order valence-electron chi connectivity index (χ0n) is 9.02. The minimum absolute atomic E-state index is 0.341. The van der Waals surface area contributed by atoms with Gasteiger partial charge in [0.2, 0.25) is 0 Å². The van der Waals surface area contributed by atoms with Crippen LogP contribution in [0.4, 0.5) is 0 Å². The Kier molecular flexibility index (Phi) is 2.62. The van der Waals surface area contributed by atoms with E-state index in [9.17, 15) is 0 Å². The van der Waals surface area contributed by atoms with Crippen LogP contribution in [0, 0.1) is 5.41 Å². The van der Waals surface area contributed by atoms with E-state index >= 15 is 0 Å². The van der Waals surface area contributed by atoms with E-state index in [-0.39, 0.29) is 0 Å². The molecule has 1 unspecified atom stereocenters. The van der Waals surface area contributed by atoms with E-state index in [2.05, 4.69) is 45.7 Å². The van der Waals surface area contributed by atoms with Crippen LogP contribution in [-0.2, 0) is 0 Å². The van der Waals surface area contributed by atoms with Crippen molar-refractivity contribution in [3.05, 3.63) is 11.6 Å². The number of hydrogen-bond donors (Lipinski definition) is 0. The molecule has 0 radical (unpaired) electrons. The quantitative estimate of drug-likeness (QED) is 0.501. The summed E-state index contributed by atoms with van der Waals surface area (Å²) in [7, 11) is 2.21. The lowest BCUT2D eigenvalue weighted by Crippen LogP contribution is -2.38. The molecule has 0 aromatic carbocycles. The van der Waals surface area contributed by atoms with Crippen molar-refractivity contribution in [1.29, 1.82) is 0 Å². The number of likely N-dealkylation sites (N-methyl/N-ethyl adjacent to an activating group) is 1. The third kappa shape index (κ3) is 1.89. The summed E-state index contributed by atoms with van der Waals surface area (Å²) in [5.41, 5.74) is 1.94. The molecule has 0 aromatic heterocycles. The molecule has 70 valence electrons. The van der Waals surface area contributed by atoms with Crippen LogP contribution in [0.2, 0.25) is 0 Å². The zero-order valence-corrected chi connectivity index (χ0v) is 9.02. The lowest BCUT2D eigenvalue weighted by molar-refractivity contribution is 0.245. The third-order valence-electron chi connectivity index (χ3n) is 2.82. The van der Waals surface area contributed by atoms with Crippen molar-refractivity contribution < 1.29 is 0 Å². The van der Waals surface area contributed by atoms with E-state index in [4.69, 9.17) is 0 Å². The Morgan fingerprint density at radius 2 is 2.00 bits per heavy atom. The second-order valence-electron chi connectivity index (χ2n) is 4.85. The molecule has 12 heavy (non-hydrogen) atoms. The summed E-state index contributed by atoms with van der Waals surface area (Å²) in [5, 5.41) is 0. The average Bonchev–Trinajstić information content (AvgIpc) is 1.92. The van der Waals surface area contributed by atoms with E-state index in [1.165, 1.54) is 13.0 Å². The Hall–Kier alpha value is -0.300. The van der Waals surface area contributed by atoms with Crippen LogP contribution in [-0.4, -0.2) is 24.5 Å². The zero-order chi connectivity index (χ0) is 9.35. The van der Waals surface area contributed by atoms with Gasteiger partial charge in [0, 0.05) is 12.6 Å². The Labute approximate surface area is 76.5 Å². The molecule has 0 aromatic rings. The number of hydrogen-bond acceptors (Lipinski definition) is 1. The van der Waals surface area contributed by atoms with Crippen molar-refractivity contribution in [2.45, 2.75) is 40.2 Å². The number of nitrogens with zero attached hydrogens (tertiary/aromatic N) is 1. The molecule has 0 bridgehead atoms. The third-order valence-corrected chi connectivity index (χ3v) is 2.82. The highest BCUT2D eigenvalue weighted by molar-refractivity contribution is 5.19. The molecule has 1 nitrogen and oxygen atoms in total. The minimum atomic E-state index is 0.341. The SMILES string of the molecule is CC1C(C(C)(C)C)=CCCN1C. The van der Waals surface area contributed by atoms with Gasteiger partial charge in [0.1, 0.15) is 0 Å². The predicted molar refractivity (Wildman–Crippen MR) is 54.2 cm³/mol. The van der Waals surface area contributed by atoms with Crippen molar-refractivity contribution in [1.82, 2.24) is 4.90 Å². The van der Waals surface area contributed by atoms with Gasteiger partial charge in [-0.15, -0.1) is 0 Å². The van der Waals surface area contributed by atoms with Crippen molar-refractivity contribution in [3.63, 3.8) is 0 Å². The second-order valence-corrected chi connectivity index (χ2v) is 4.85. The van der Waals surface area contributed by atoms with Crippen LogP contribution in [0.3, 0.4) is 0 Å². The summed E-state index contributed by atoms with van der Waals surface area (Å²) in [5.74, 6) is 0. The van der Waals surface area contributed by atoms with Crippen LogP contribution in [0.15, 0.2) is 11.6 Å². The Morgan fingerprint density at radius 3 is 2.42 bits per heavy atom. The van der Waals surface area contributed by atoms with Gasteiger partial charge in [-0.3, -0.25) is 4.90 Å². The highest BCUT2D eigenvalue weighted by Crippen LogP contribution is 2.32. The molecule has 1 aliphatic heterocycles. The maximum Gasteiger partial charge on any atom is 0.0281 e. The summed E-state index contributed by atoms with van der Waals surface area (Å²) in [6, 6.07) is 0.624. The monoisotopic (exact) mass is 167 g/mol. The fourth-order valence-electron chi connectivity index (χ4n) is 1.96. The van der Waals surface area contributed by atoms with Gasteiger partial charge in [0.05, 0.1) is 0 Å². The lowest BCUT2D eigenvalue weighted by atomic mass is 9.80. The second kappa shape index (κ2) is 3.21. The molecule has 0 saturated carbocycles. The molecule has 0 spiro atoms. The van der Waals surface area contributed by atoms with Crippen molar-refractivity contribution >= 4 is 0 Å². The fourth-order valence-corrected chi connectivity index (χ4v) is 1.96. The number of rotatable bonds is 0. The molecule has 1 aliphatic rings. The molecule has 1 atom stereocenters. The summed E-state index contributed by atoms with van der Waals surface area (Å²) >= 11 is 0. The van der Waals surface area contributed by atoms with Crippen LogP contribution in [0.25, 0.3) is 0 Å². The van der Waals surface area contributed by atoms with Gasteiger partial charge in [-0.1, -0.05) is 32.4 Å². The molecular weight excluding hydrogens is 146 g/mol. The highest BCUT2D eigenvalue weighted by Gasteiger charge is 2.26. The summed E-state index contributed by atoms with van der Waals surface area (Å²) in [6.45, 7) is 10.4.